The minimum atomic E-state index is -0.288. The third-order valence-electron chi connectivity index (χ3n) is 5.01. The van der Waals surface area contributed by atoms with Gasteiger partial charge in [0.2, 0.25) is 0 Å². The summed E-state index contributed by atoms with van der Waals surface area (Å²) in [4.78, 5) is 14.7. The lowest BCUT2D eigenvalue weighted by Crippen LogP contribution is -2.38. The van der Waals surface area contributed by atoms with Gasteiger partial charge in [-0.25, -0.2) is 4.79 Å². The summed E-state index contributed by atoms with van der Waals surface area (Å²) in [6.07, 6.45) is 1.98. The number of aromatic nitrogens is 1. The maximum Gasteiger partial charge on any atom is 0.420 e. The fraction of sp³-hybridized carbons (Fsp3) is 0.350. The van der Waals surface area contributed by atoms with Crippen LogP contribution in [-0.2, 0) is 6.54 Å². The van der Waals surface area contributed by atoms with Crippen LogP contribution in [0.2, 0.25) is 0 Å². The second-order valence-corrected chi connectivity index (χ2v) is 6.74. The van der Waals surface area contributed by atoms with Crippen LogP contribution in [0.15, 0.2) is 51.7 Å². The Morgan fingerprint density at radius 1 is 1.27 bits per heavy atom. The maximum atomic E-state index is 12.4. The van der Waals surface area contributed by atoms with Crippen LogP contribution in [0, 0.1) is 0 Å². The van der Waals surface area contributed by atoms with E-state index < -0.39 is 0 Å². The third-order valence-corrected chi connectivity index (χ3v) is 5.01. The van der Waals surface area contributed by atoms with Gasteiger partial charge in [0.25, 0.3) is 0 Å². The number of rotatable bonds is 4. The molecule has 136 valence electrons. The van der Waals surface area contributed by atoms with Crippen molar-refractivity contribution in [1.82, 2.24) is 9.47 Å². The van der Waals surface area contributed by atoms with E-state index in [1.54, 1.807) is 17.7 Å². The van der Waals surface area contributed by atoms with E-state index in [0.717, 1.165) is 43.6 Å². The van der Waals surface area contributed by atoms with E-state index >= 15 is 0 Å². The summed E-state index contributed by atoms with van der Waals surface area (Å²) < 4.78 is 12.4. The van der Waals surface area contributed by atoms with Crippen LogP contribution in [0.5, 0.6) is 11.5 Å². The highest BCUT2D eigenvalue weighted by Crippen LogP contribution is 2.29. The second-order valence-electron chi connectivity index (χ2n) is 6.74. The van der Waals surface area contributed by atoms with Crippen molar-refractivity contribution >= 4 is 11.1 Å². The Morgan fingerprint density at radius 3 is 2.96 bits per heavy atom. The van der Waals surface area contributed by atoms with Crippen molar-refractivity contribution < 1.29 is 14.3 Å². The van der Waals surface area contributed by atoms with E-state index in [1.807, 2.05) is 36.4 Å². The molecule has 4 rings (SSSR count). The largest absolute Gasteiger partial charge is 0.504 e. The molecule has 0 aliphatic carbocycles. The number of para-hydroxylation sites is 2. The number of aromatic hydroxyl groups is 1. The molecular formula is C20H22N2O4. The molecule has 2 heterocycles. The first-order valence-electron chi connectivity index (χ1n) is 8.84. The summed E-state index contributed by atoms with van der Waals surface area (Å²) in [6.45, 7) is 2.51. The fourth-order valence-corrected chi connectivity index (χ4v) is 3.79. The van der Waals surface area contributed by atoms with E-state index in [0.29, 0.717) is 11.3 Å². The van der Waals surface area contributed by atoms with Gasteiger partial charge in [-0.2, -0.15) is 0 Å². The van der Waals surface area contributed by atoms with Gasteiger partial charge in [0, 0.05) is 13.1 Å². The number of benzene rings is 2. The lowest BCUT2D eigenvalue weighted by molar-refractivity contribution is 0.167. The molecule has 0 amide bonds. The second kappa shape index (κ2) is 6.88. The number of hydrogen-bond acceptors (Lipinski definition) is 5. The van der Waals surface area contributed by atoms with Crippen molar-refractivity contribution in [2.45, 2.75) is 25.4 Å². The zero-order valence-corrected chi connectivity index (χ0v) is 14.7. The molecule has 1 fully saturated rings. The van der Waals surface area contributed by atoms with Gasteiger partial charge < -0.3 is 14.3 Å². The van der Waals surface area contributed by atoms with Crippen LogP contribution in [0.4, 0.5) is 0 Å². The molecule has 6 nitrogen and oxygen atoms in total. The first kappa shape index (κ1) is 16.7. The Labute approximate surface area is 151 Å². The molecule has 0 saturated carbocycles. The first-order chi connectivity index (χ1) is 12.7. The monoisotopic (exact) mass is 354 g/mol. The average molecular weight is 354 g/mol. The SMILES string of the molecule is COc1cc(CN2CCCC(n3c(=O)oc4ccccc43)C2)ccc1O. The first-order valence-corrected chi connectivity index (χ1v) is 8.84. The Bertz CT molecular complexity index is 975. The van der Waals surface area contributed by atoms with Crippen LogP contribution < -0.4 is 10.5 Å². The number of methoxy groups -OCH3 is 1. The minimum Gasteiger partial charge on any atom is -0.504 e. The molecule has 26 heavy (non-hydrogen) atoms. The van der Waals surface area contributed by atoms with Crippen LogP contribution in [0.25, 0.3) is 11.1 Å². The Morgan fingerprint density at radius 2 is 2.12 bits per heavy atom. The summed E-state index contributed by atoms with van der Waals surface area (Å²) in [5, 5.41) is 9.75. The summed E-state index contributed by atoms with van der Waals surface area (Å²) >= 11 is 0. The lowest BCUT2D eigenvalue weighted by Gasteiger charge is -2.33. The third kappa shape index (κ3) is 3.08. The van der Waals surface area contributed by atoms with Gasteiger partial charge >= 0.3 is 5.76 Å². The predicted octanol–water partition coefficient (Wildman–Crippen LogP) is 3.15. The normalized spacial score (nSPS) is 18.3. The number of nitrogens with zero attached hydrogens (tertiary/aromatic N) is 2. The van der Waals surface area contributed by atoms with E-state index in [2.05, 4.69) is 4.90 Å². The van der Waals surface area contributed by atoms with E-state index in [-0.39, 0.29) is 17.5 Å². The topological polar surface area (TPSA) is 67.8 Å². The van der Waals surface area contributed by atoms with Crippen LogP contribution in [0.1, 0.15) is 24.4 Å². The average Bonchev–Trinajstić information content (AvgIpc) is 2.99. The standard InChI is InChI=1S/C20H22N2O4/c1-25-19-11-14(8-9-17(19)23)12-21-10-4-5-15(13-21)22-16-6-2-3-7-18(16)26-20(22)24/h2-3,6-9,11,15,23H,4-5,10,12-13H2,1H3. The Balaban J connectivity index is 1.56. The molecule has 0 bridgehead atoms. The minimum absolute atomic E-state index is 0.0962. The summed E-state index contributed by atoms with van der Waals surface area (Å²) in [5.41, 5.74) is 2.57. The van der Waals surface area contributed by atoms with Gasteiger partial charge in [0.15, 0.2) is 17.1 Å². The predicted molar refractivity (Wildman–Crippen MR) is 98.7 cm³/mol. The quantitative estimate of drug-likeness (QED) is 0.780. The van der Waals surface area contributed by atoms with E-state index in [9.17, 15) is 9.90 Å². The zero-order valence-electron chi connectivity index (χ0n) is 14.7. The van der Waals surface area contributed by atoms with Gasteiger partial charge in [0.05, 0.1) is 18.7 Å². The zero-order chi connectivity index (χ0) is 18.1. The number of oxazole rings is 1. The molecule has 2 aromatic carbocycles. The van der Waals surface area contributed by atoms with Gasteiger partial charge in [-0.1, -0.05) is 18.2 Å². The molecule has 0 spiro atoms. The van der Waals surface area contributed by atoms with Gasteiger partial charge in [-0.3, -0.25) is 9.47 Å². The molecule has 1 N–H and O–H groups in total. The smallest absolute Gasteiger partial charge is 0.420 e. The highest BCUT2D eigenvalue weighted by molar-refractivity contribution is 5.72. The molecule has 1 aliphatic rings. The number of fused-ring (bicyclic) bond motifs is 1. The number of phenolic OH excluding ortho intramolecular Hbond substituents is 1. The van der Waals surface area contributed by atoms with Crippen molar-refractivity contribution in [1.29, 1.82) is 0 Å². The van der Waals surface area contributed by atoms with Gasteiger partial charge in [-0.15, -0.1) is 0 Å². The number of ether oxygens (including phenoxy) is 1. The van der Waals surface area contributed by atoms with Gasteiger partial charge in [0.1, 0.15) is 0 Å². The number of likely N-dealkylation sites (tertiary alicyclic amines) is 1. The van der Waals surface area contributed by atoms with E-state index in [1.165, 1.54) is 0 Å². The van der Waals surface area contributed by atoms with E-state index in [4.69, 9.17) is 9.15 Å². The fourth-order valence-electron chi connectivity index (χ4n) is 3.79. The molecular weight excluding hydrogens is 332 g/mol. The lowest BCUT2D eigenvalue weighted by atomic mass is 10.0. The van der Waals surface area contributed by atoms with Crippen molar-refractivity contribution in [2.75, 3.05) is 20.2 Å². The number of piperidine rings is 1. The Kier molecular flexibility index (Phi) is 4.42. The molecule has 1 aromatic heterocycles. The number of hydrogen-bond donors (Lipinski definition) is 1. The van der Waals surface area contributed by atoms with Crippen molar-refractivity contribution in [3.8, 4) is 11.5 Å². The highest BCUT2D eigenvalue weighted by atomic mass is 16.5. The summed E-state index contributed by atoms with van der Waals surface area (Å²) in [7, 11) is 1.55. The molecule has 6 heteroatoms. The number of phenols is 1. The Hall–Kier alpha value is -2.73. The molecule has 0 radical (unpaired) electrons. The molecule has 1 unspecified atom stereocenters. The molecule has 1 atom stereocenters. The van der Waals surface area contributed by atoms with Crippen LogP contribution in [-0.4, -0.2) is 34.8 Å². The molecule has 3 aromatic rings. The van der Waals surface area contributed by atoms with Crippen molar-refractivity contribution in [3.63, 3.8) is 0 Å². The van der Waals surface area contributed by atoms with Crippen LogP contribution in [0.3, 0.4) is 0 Å². The summed E-state index contributed by atoms with van der Waals surface area (Å²) in [5.74, 6) is 0.335. The van der Waals surface area contributed by atoms with Crippen molar-refractivity contribution in [2.24, 2.45) is 0 Å². The molecule has 1 aliphatic heterocycles. The van der Waals surface area contributed by atoms with Crippen molar-refractivity contribution in [3.05, 3.63) is 58.6 Å². The summed E-state index contributed by atoms with van der Waals surface area (Å²) in [6, 6.07) is 13.1. The van der Waals surface area contributed by atoms with Crippen LogP contribution >= 0.6 is 0 Å². The van der Waals surface area contributed by atoms with Gasteiger partial charge in [-0.05, 0) is 49.2 Å². The molecule has 1 saturated heterocycles. The maximum absolute atomic E-state index is 12.4. The highest BCUT2D eigenvalue weighted by Gasteiger charge is 2.25.